The number of aromatic hydroxyl groups is 1. The molecule has 1 rings (SSSR count). The summed E-state index contributed by atoms with van der Waals surface area (Å²) in [6.45, 7) is 3.65. The number of esters is 2. The third-order valence-electron chi connectivity index (χ3n) is 2.02. The van der Waals surface area contributed by atoms with Crippen molar-refractivity contribution in [3.05, 3.63) is 29.3 Å². The number of phenolic OH excluding ortho intramolecular Hbond substituents is 1. The maximum atomic E-state index is 11.6. The van der Waals surface area contributed by atoms with Crippen molar-refractivity contribution in [1.29, 1.82) is 0 Å². The van der Waals surface area contributed by atoms with Gasteiger partial charge in [0.05, 0.1) is 18.8 Å². The van der Waals surface area contributed by atoms with E-state index in [2.05, 4.69) is 0 Å². The summed E-state index contributed by atoms with van der Waals surface area (Å²) in [6.07, 6.45) is 0. The van der Waals surface area contributed by atoms with E-state index >= 15 is 0 Å². The van der Waals surface area contributed by atoms with Crippen molar-refractivity contribution in [2.75, 3.05) is 13.2 Å². The highest BCUT2D eigenvalue weighted by Crippen LogP contribution is 2.22. The average molecular weight is 238 g/mol. The fourth-order valence-corrected chi connectivity index (χ4v) is 1.34. The summed E-state index contributed by atoms with van der Waals surface area (Å²) < 4.78 is 9.57. The molecular formula is C12H14O5. The molecule has 0 radical (unpaired) electrons. The normalized spacial score (nSPS) is 9.76. The highest BCUT2D eigenvalue weighted by Gasteiger charge is 2.22. The van der Waals surface area contributed by atoms with Crippen LogP contribution in [0.4, 0.5) is 0 Å². The summed E-state index contributed by atoms with van der Waals surface area (Å²) >= 11 is 0. The molecule has 0 atom stereocenters. The summed E-state index contributed by atoms with van der Waals surface area (Å²) in [6, 6.07) is 4.18. The third-order valence-corrected chi connectivity index (χ3v) is 2.02. The Labute approximate surface area is 99.0 Å². The second-order valence-corrected chi connectivity index (χ2v) is 3.14. The Morgan fingerprint density at radius 2 is 1.71 bits per heavy atom. The zero-order valence-corrected chi connectivity index (χ0v) is 9.73. The van der Waals surface area contributed by atoms with Crippen LogP contribution in [0, 0.1) is 0 Å². The first kappa shape index (κ1) is 13.0. The predicted octanol–water partition coefficient (Wildman–Crippen LogP) is 1.75. The monoisotopic (exact) mass is 238 g/mol. The number of carbonyl (C=O) groups excluding carboxylic acids is 2. The van der Waals surface area contributed by atoms with Gasteiger partial charge in [0.2, 0.25) is 0 Å². The molecule has 1 N–H and O–H groups in total. The smallest absolute Gasteiger partial charge is 0.342 e. The molecule has 0 aliphatic heterocycles. The molecule has 92 valence electrons. The van der Waals surface area contributed by atoms with E-state index in [0.717, 1.165) is 0 Å². The summed E-state index contributed by atoms with van der Waals surface area (Å²) in [7, 11) is 0. The van der Waals surface area contributed by atoms with Crippen LogP contribution >= 0.6 is 0 Å². The summed E-state index contributed by atoms with van der Waals surface area (Å²) in [5, 5.41) is 9.60. The Morgan fingerprint density at radius 3 is 2.29 bits per heavy atom. The number of rotatable bonds is 4. The van der Waals surface area contributed by atoms with E-state index in [9.17, 15) is 14.7 Å². The topological polar surface area (TPSA) is 72.8 Å². The molecule has 17 heavy (non-hydrogen) atoms. The van der Waals surface area contributed by atoms with E-state index in [1.807, 2.05) is 0 Å². The van der Waals surface area contributed by atoms with Crippen LogP contribution in [-0.2, 0) is 9.47 Å². The second kappa shape index (κ2) is 5.89. The Kier molecular flexibility index (Phi) is 4.51. The minimum absolute atomic E-state index is 0.00491. The summed E-state index contributed by atoms with van der Waals surface area (Å²) in [5.41, 5.74) is -0.155. The number of carbonyl (C=O) groups is 2. The lowest BCUT2D eigenvalue weighted by Crippen LogP contribution is -2.14. The molecule has 5 nitrogen and oxygen atoms in total. The Hall–Kier alpha value is -2.04. The highest BCUT2D eigenvalue weighted by molar-refractivity contribution is 6.05. The zero-order chi connectivity index (χ0) is 12.8. The lowest BCUT2D eigenvalue weighted by molar-refractivity contribution is 0.0476. The maximum Gasteiger partial charge on any atom is 0.342 e. The number of ether oxygens (including phenoxy) is 2. The van der Waals surface area contributed by atoms with Gasteiger partial charge in [-0.3, -0.25) is 0 Å². The Morgan fingerprint density at radius 1 is 1.12 bits per heavy atom. The molecule has 5 heteroatoms. The van der Waals surface area contributed by atoms with E-state index in [-0.39, 0.29) is 30.1 Å². The van der Waals surface area contributed by atoms with Crippen LogP contribution in [0.25, 0.3) is 0 Å². The van der Waals surface area contributed by atoms with Gasteiger partial charge in [0.1, 0.15) is 11.3 Å². The number of phenols is 1. The van der Waals surface area contributed by atoms with E-state index in [1.54, 1.807) is 13.8 Å². The van der Waals surface area contributed by atoms with Crippen LogP contribution in [0.2, 0.25) is 0 Å². The van der Waals surface area contributed by atoms with Gasteiger partial charge in [-0.05, 0) is 26.0 Å². The Bertz CT molecular complexity index is 425. The van der Waals surface area contributed by atoms with Crippen LogP contribution < -0.4 is 0 Å². The van der Waals surface area contributed by atoms with Gasteiger partial charge < -0.3 is 14.6 Å². The lowest BCUT2D eigenvalue weighted by Gasteiger charge is -2.09. The van der Waals surface area contributed by atoms with Gasteiger partial charge in [-0.25, -0.2) is 9.59 Å². The van der Waals surface area contributed by atoms with Crippen LogP contribution in [-0.4, -0.2) is 30.3 Å². The van der Waals surface area contributed by atoms with Crippen molar-refractivity contribution < 1.29 is 24.2 Å². The third kappa shape index (κ3) is 2.96. The zero-order valence-electron chi connectivity index (χ0n) is 9.73. The largest absolute Gasteiger partial charge is 0.507 e. The first-order chi connectivity index (χ1) is 8.11. The van der Waals surface area contributed by atoms with Crippen molar-refractivity contribution >= 4 is 11.9 Å². The van der Waals surface area contributed by atoms with Crippen molar-refractivity contribution in [2.45, 2.75) is 13.8 Å². The number of hydrogen-bond acceptors (Lipinski definition) is 5. The molecule has 0 bridgehead atoms. The molecule has 1 aromatic rings. The maximum absolute atomic E-state index is 11.6. The molecular weight excluding hydrogens is 224 g/mol. The molecule has 0 aliphatic rings. The van der Waals surface area contributed by atoms with Gasteiger partial charge in [-0.2, -0.15) is 0 Å². The van der Waals surface area contributed by atoms with Gasteiger partial charge in [-0.15, -0.1) is 0 Å². The van der Waals surface area contributed by atoms with Crippen LogP contribution in [0.15, 0.2) is 18.2 Å². The molecule has 0 amide bonds. The standard InChI is InChI=1S/C12H14O5/c1-3-16-11(14)8-6-5-7-9(13)10(8)12(15)17-4-2/h5-7,13H,3-4H2,1-2H3. The number of benzene rings is 1. The number of hydrogen-bond donors (Lipinski definition) is 1. The molecule has 0 saturated heterocycles. The van der Waals surface area contributed by atoms with E-state index in [0.29, 0.717) is 0 Å². The molecule has 0 spiro atoms. The first-order valence-corrected chi connectivity index (χ1v) is 5.28. The van der Waals surface area contributed by atoms with Crippen molar-refractivity contribution in [3.8, 4) is 5.75 Å². The predicted molar refractivity (Wildman–Crippen MR) is 60.0 cm³/mol. The fourth-order valence-electron chi connectivity index (χ4n) is 1.34. The van der Waals surface area contributed by atoms with Gasteiger partial charge in [0, 0.05) is 0 Å². The second-order valence-electron chi connectivity index (χ2n) is 3.14. The molecule has 0 heterocycles. The van der Waals surface area contributed by atoms with Gasteiger partial charge >= 0.3 is 11.9 Å². The van der Waals surface area contributed by atoms with Crippen molar-refractivity contribution in [1.82, 2.24) is 0 Å². The van der Waals surface area contributed by atoms with Gasteiger partial charge in [-0.1, -0.05) is 6.07 Å². The molecule has 0 fully saturated rings. The van der Waals surface area contributed by atoms with E-state index in [4.69, 9.17) is 9.47 Å². The minimum Gasteiger partial charge on any atom is -0.507 e. The lowest BCUT2D eigenvalue weighted by atomic mass is 10.1. The first-order valence-electron chi connectivity index (χ1n) is 5.28. The highest BCUT2D eigenvalue weighted by atomic mass is 16.5. The Balaban J connectivity index is 3.17. The summed E-state index contributed by atoms with van der Waals surface area (Å²) in [4.78, 5) is 23.2. The van der Waals surface area contributed by atoms with Crippen LogP contribution in [0.1, 0.15) is 34.6 Å². The molecule has 0 aromatic heterocycles. The van der Waals surface area contributed by atoms with E-state index < -0.39 is 11.9 Å². The molecule has 1 aromatic carbocycles. The quantitative estimate of drug-likeness (QED) is 0.809. The van der Waals surface area contributed by atoms with Crippen molar-refractivity contribution in [3.63, 3.8) is 0 Å². The molecule has 0 saturated carbocycles. The van der Waals surface area contributed by atoms with Crippen LogP contribution in [0.3, 0.4) is 0 Å². The summed E-state index contributed by atoms with van der Waals surface area (Å²) in [5.74, 6) is -1.70. The fraction of sp³-hybridized carbons (Fsp3) is 0.333. The van der Waals surface area contributed by atoms with Crippen molar-refractivity contribution in [2.24, 2.45) is 0 Å². The van der Waals surface area contributed by atoms with Gasteiger partial charge in [0.15, 0.2) is 0 Å². The average Bonchev–Trinajstić information content (AvgIpc) is 2.29. The van der Waals surface area contributed by atoms with Gasteiger partial charge in [0.25, 0.3) is 0 Å². The van der Waals surface area contributed by atoms with Crippen LogP contribution in [0.5, 0.6) is 5.75 Å². The SMILES string of the molecule is CCOC(=O)c1cccc(O)c1C(=O)OCC. The van der Waals surface area contributed by atoms with E-state index in [1.165, 1.54) is 18.2 Å². The molecule has 0 unspecified atom stereocenters. The molecule has 0 aliphatic carbocycles. The minimum atomic E-state index is -0.742.